The number of fused-ring (bicyclic) bond motifs is 3. The molecule has 0 saturated carbocycles. The van der Waals surface area contributed by atoms with Gasteiger partial charge in [0.25, 0.3) is 0 Å². The summed E-state index contributed by atoms with van der Waals surface area (Å²) in [6.45, 7) is 21.6. The minimum Gasteiger partial charge on any atom is -0.399 e. The van der Waals surface area contributed by atoms with Gasteiger partial charge in [0.05, 0.1) is 44.3 Å². The molecule has 17 rings (SSSR count). The van der Waals surface area contributed by atoms with Gasteiger partial charge in [0, 0.05) is 56.0 Å². The van der Waals surface area contributed by atoms with Gasteiger partial charge >= 0.3 is 7.12 Å². The minimum atomic E-state index is -0.369. The van der Waals surface area contributed by atoms with Crippen LogP contribution in [0.5, 0.6) is 0 Å². The van der Waals surface area contributed by atoms with Crippen LogP contribution in [0.2, 0.25) is 10.6 Å². The van der Waals surface area contributed by atoms with Crippen LogP contribution >= 0.6 is 23.2 Å². The van der Waals surface area contributed by atoms with E-state index in [9.17, 15) is 0 Å². The second-order valence-electron chi connectivity index (χ2n) is 28.6. The summed E-state index contributed by atoms with van der Waals surface area (Å²) < 4.78 is 19.2. The lowest BCUT2D eigenvalue weighted by Crippen LogP contribution is -2.41. The Morgan fingerprint density at radius 1 is 0.280 bits per heavy atom. The highest BCUT2D eigenvalue weighted by Crippen LogP contribution is 2.39. The number of halogens is 2. The molecule has 0 amide bonds. The third-order valence-electron chi connectivity index (χ3n) is 19.9. The van der Waals surface area contributed by atoms with E-state index in [4.69, 9.17) is 62.4 Å². The number of rotatable bonds is 14. The monoisotopic (exact) mass is 1440 g/mol. The fraction of sp³-hybridized carbons (Fsp3) is 0.167. The molecule has 528 valence electrons. The highest BCUT2D eigenvalue weighted by atomic mass is 35.5. The smallest absolute Gasteiger partial charge is 0.399 e. The first kappa shape index (κ1) is 71.0. The Bertz CT molecular complexity index is 5580. The molecular weight excluding hydrogens is 1360 g/mol. The molecular formula is C90H79BCl2N12O2. The van der Waals surface area contributed by atoms with E-state index in [1.807, 2.05) is 78.9 Å². The van der Waals surface area contributed by atoms with Crippen molar-refractivity contribution < 1.29 is 9.31 Å². The average molecular weight is 1440 g/mol. The topological polar surface area (TPSA) is 149 Å². The van der Waals surface area contributed by atoms with Gasteiger partial charge in [-0.3, -0.25) is 13.7 Å². The number of aromatic nitrogens is 12. The predicted molar refractivity (Wildman–Crippen MR) is 436 cm³/mol. The molecule has 5 aromatic heterocycles. The Morgan fingerprint density at radius 2 is 0.542 bits per heavy atom. The molecule has 107 heavy (non-hydrogen) atoms. The van der Waals surface area contributed by atoms with Crippen LogP contribution in [0.25, 0.3) is 130 Å². The van der Waals surface area contributed by atoms with Crippen molar-refractivity contribution in [2.24, 2.45) is 0 Å². The summed E-state index contributed by atoms with van der Waals surface area (Å²) in [7, 11) is -0.369. The standard InChI is InChI=1S/C53H43N7.C28H31BN2O2.C9H5Cl2N3/c1-34(2)36-18-22-41(23-19-36)52-54-45-14-8-10-16-47(45)59(52)43-30-26-39(27-31-43)50-56-49(38-12-6-5-7-13-38)57-51(58-50)40-28-32-44(33-29-40)60-48-17-11-9-15-46(48)55-53(60)42-24-20-37(21-25-42)35(3)4;1-19(2)20-11-13-21(14-12-20)26-30-24-9-7-8-10-25(24)31(26)23-17-15-22(16-18-23)29-32-27(3,4)28(5,6)33-29;10-8-12-7(13-9(11)14-8)6-4-2-1-3-5-6/h5-35H,1-4H3;7-19H,1-6H3;1-5H. The number of hydrogen-bond acceptors (Lipinski definition) is 11. The van der Waals surface area contributed by atoms with Gasteiger partial charge in [-0.15, -0.1) is 0 Å². The lowest BCUT2D eigenvalue weighted by Gasteiger charge is -2.32. The van der Waals surface area contributed by atoms with Crippen molar-refractivity contribution in [3.63, 3.8) is 0 Å². The third kappa shape index (κ3) is 14.9. The molecule has 14 nitrogen and oxygen atoms in total. The second kappa shape index (κ2) is 30.1. The molecule has 17 heteroatoms. The molecule has 0 bridgehead atoms. The maximum absolute atomic E-state index is 6.23. The van der Waals surface area contributed by atoms with Gasteiger partial charge in [-0.25, -0.2) is 29.9 Å². The highest BCUT2D eigenvalue weighted by Gasteiger charge is 2.51. The van der Waals surface area contributed by atoms with Crippen molar-refractivity contribution in [1.82, 2.24) is 58.6 Å². The molecule has 0 unspecified atom stereocenters. The molecule has 0 radical (unpaired) electrons. The normalized spacial score (nSPS) is 13.2. The summed E-state index contributed by atoms with van der Waals surface area (Å²) in [5.41, 5.74) is 20.2. The highest BCUT2D eigenvalue weighted by molar-refractivity contribution is 6.62. The Labute approximate surface area is 634 Å². The number of hydrogen-bond donors (Lipinski definition) is 0. The first-order chi connectivity index (χ1) is 51.8. The number of benzene rings is 11. The van der Waals surface area contributed by atoms with E-state index in [1.54, 1.807) is 0 Å². The van der Waals surface area contributed by atoms with E-state index in [0.29, 0.717) is 41.1 Å². The zero-order valence-corrected chi connectivity index (χ0v) is 62.8. The molecule has 0 atom stereocenters. The molecule has 1 fully saturated rings. The van der Waals surface area contributed by atoms with Crippen molar-refractivity contribution in [2.75, 3.05) is 0 Å². The quantitative estimate of drug-likeness (QED) is 0.0958. The minimum absolute atomic E-state index is 0.101. The zero-order valence-electron chi connectivity index (χ0n) is 61.3. The van der Waals surface area contributed by atoms with Crippen LogP contribution in [0.1, 0.15) is 104 Å². The molecule has 6 heterocycles. The van der Waals surface area contributed by atoms with Crippen LogP contribution in [0.15, 0.2) is 279 Å². The van der Waals surface area contributed by atoms with Crippen LogP contribution in [-0.2, 0) is 9.31 Å². The van der Waals surface area contributed by atoms with Gasteiger partial charge in [-0.2, -0.15) is 15.0 Å². The maximum atomic E-state index is 6.23. The molecule has 0 aliphatic carbocycles. The van der Waals surface area contributed by atoms with Crippen molar-refractivity contribution in [2.45, 2.75) is 98.2 Å². The van der Waals surface area contributed by atoms with Crippen LogP contribution < -0.4 is 5.46 Å². The Balaban J connectivity index is 0.000000161. The summed E-state index contributed by atoms with van der Waals surface area (Å²) >= 11 is 11.3. The average Bonchev–Trinajstić information content (AvgIpc) is 1.80. The van der Waals surface area contributed by atoms with Gasteiger partial charge in [0.15, 0.2) is 23.3 Å². The summed E-state index contributed by atoms with van der Waals surface area (Å²) in [6, 6.07) is 95.9. The van der Waals surface area contributed by atoms with E-state index < -0.39 is 0 Å². The van der Waals surface area contributed by atoms with Crippen LogP contribution in [0.3, 0.4) is 0 Å². The van der Waals surface area contributed by atoms with E-state index >= 15 is 0 Å². The second-order valence-corrected chi connectivity index (χ2v) is 29.3. The summed E-state index contributed by atoms with van der Waals surface area (Å²) in [5, 5.41) is 0.202. The van der Waals surface area contributed by atoms with Crippen molar-refractivity contribution in [3.8, 4) is 96.8 Å². The molecule has 0 spiro atoms. The third-order valence-corrected chi connectivity index (χ3v) is 20.3. The fourth-order valence-corrected chi connectivity index (χ4v) is 13.5. The lowest BCUT2D eigenvalue weighted by atomic mass is 9.79. The van der Waals surface area contributed by atoms with Crippen LogP contribution in [-0.4, -0.2) is 76.9 Å². The van der Waals surface area contributed by atoms with E-state index in [2.05, 4.69) is 298 Å². The zero-order chi connectivity index (χ0) is 74.1. The predicted octanol–water partition coefficient (Wildman–Crippen LogP) is 22.1. The van der Waals surface area contributed by atoms with E-state index in [1.165, 1.54) is 16.7 Å². The largest absolute Gasteiger partial charge is 0.494 e. The van der Waals surface area contributed by atoms with Crippen molar-refractivity contribution >= 4 is 68.9 Å². The van der Waals surface area contributed by atoms with Gasteiger partial charge in [-0.05, 0) is 188 Å². The van der Waals surface area contributed by atoms with E-state index in [-0.39, 0.29) is 28.9 Å². The van der Waals surface area contributed by atoms with E-state index in [0.717, 1.165) is 112 Å². The Hall–Kier alpha value is -11.6. The van der Waals surface area contributed by atoms with Crippen LogP contribution in [0.4, 0.5) is 0 Å². The number of para-hydroxylation sites is 6. The first-order valence-corrected chi connectivity index (χ1v) is 36.9. The van der Waals surface area contributed by atoms with Crippen LogP contribution in [0, 0.1) is 0 Å². The lowest BCUT2D eigenvalue weighted by molar-refractivity contribution is 0.00578. The maximum Gasteiger partial charge on any atom is 0.494 e. The van der Waals surface area contributed by atoms with Crippen molar-refractivity contribution in [1.29, 1.82) is 0 Å². The van der Waals surface area contributed by atoms with Gasteiger partial charge < -0.3 is 9.31 Å². The molecule has 0 N–H and O–H groups in total. The fourth-order valence-electron chi connectivity index (χ4n) is 13.2. The SMILES string of the molecule is CC(C)c1ccc(-c2nc3ccccc3n2-c2ccc(-c3nc(-c4ccccc4)nc(-c4ccc(-n5c(-c6ccc(C(C)C)cc6)nc6ccccc65)cc4)n3)cc2)cc1.CC(C)c1ccc(-c2nc3ccccc3n2-c2ccc(B3OC(C)(C)C(C)(C)O3)cc2)cc1.Clc1nc(Cl)nc(-c2ccccc2)n1. The number of imidazole rings is 3. The Morgan fingerprint density at radius 3 is 0.850 bits per heavy atom. The molecule has 1 saturated heterocycles. The molecule has 1 aliphatic heterocycles. The molecule has 16 aromatic rings. The van der Waals surface area contributed by atoms with Crippen molar-refractivity contribution in [3.05, 3.63) is 306 Å². The van der Waals surface area contributed by atoms with Gasteiger partial charge in [0.1, 0.15) is 17.5 Å². The molecule has 1 aliphatic rings. The summed E-state index contributed by atoms with van der Waals surface area (Å²) in [4.78, 5) is 41.9. The molecule has 11 aromatic carbocycles. The summed E-state index contributed by atoms with van der Waals surface area (Å²) in [5.74, 6) is 6.45. The first-order valence-electron chi connectivity index (χ1n) is 36.1. The number of nitrogens with zero attached hydrogens (tertiary/aromatic N) is 12. The summed E-state index contributed by atoms with van der Waals surface area (Å²) in [6.07, 6.45) is 0. The van der Waals surface area contributed by atoms with Gasteiger partial charge in [0.2, 0.25) is 10.6 Å². The van der Waals surface area contributed by atoms with Gasteiger partial charge in [-0.1, -0.05) is 224 Å². The Kier molecular flexibility index (Phi) is 20.0.